The van der Waals surface area contributed by atoms with Crippen molar-refractivity contribution in [2.75, 3.05) is 18.7 Å². The van der Waals surface area contributed by atoms with Gasteiger partial charge in [0.1, 0.15) is 18.2 Å². The van der Waals surface area contributed by atoms with Crippen LogP contribution < -0.4 is 24.3 Å². The van der Waals surface area contributed by atoms with Gasteiger partial charge < -0.3 is 18.9 Å². The van der Waals surface area contributed by atoms with Gasteiger partial charge in [0.25, 0.3) is 5.91 Å². The molecule has 1 aliphatic rings. The molecule has 1 amide bonds. The van der Waals surface area contributed by atoms with Gasteiger partial charge in [-0.15, -0.1) is 11.3 Å². The first-order valence-electron chi connectivity index (χ1n) is 9.77. The third-order valence-corrected chi connectivity index (χ3v) is 5.12. The van der Waals surface area contributed by atoms with Crippen molar-refractivity contribution in [3.05, 3.63) is 64.7 Å². The number of anilines is 1. The average molecular weight is 449 g/mol. The largest absolute Gasteiger partial charge is 0.490 e. The summed E-state index contributed by atoms with van der Waals surface area (Å²) < 4.78 is 22.4. The zero-order valence-corrected chi connectivity index (χ0v) is 18.0. The molecule has 1 aromatic heterocycles. The van der Waals surface area contributed by atoms with E-state index in [9.17, 15) is 10.1 Å². The lowest BCUT2D eigenvalue weighted by Gasteiger charge is -2.13. The zero-order valence-electron chi connectivity index (χ0n) is 17.2. The smallest absolute Gasteiger partial charge is 0.268 e. The van der Waals surface area contributed by atoms with Gasteiger partial charge in [-0.05, 0) is 48.4 Å². The van der Waals surface area contributed by atoms with Crippen LogP contribution in [-0.4, -0.2) is 24.3 Å². The molecule has 0 saturated carbocycles. The maximum absolute atomic E-state index is 12.4. The number of fused-ring (bicyclic) bond motifs is 1. The summed E-state index contributed by atoms with van der Waals surface area (Å²) in [6.45, 7) is 2.83. The number of amides is 1. The van der Waals surface area contributed by atoms with Gasteiger partial charge in [0.15, 0.2) is 28.1 Å². The summed E-state index contributed by atoms with van der Waals surface area (Å²) in [5, 5.41) is 14.2. The number of nitriles is 1. The van der Waals surface area contributed by atoms with Crippen molar-refractivity contribution in [2.24, 2.45) is 0 Å². The molecule has 0 spiro atoms. The Kier molecular flexibility index (Phi) is 6.53. The first-order chi connectivity index (χ1) is 15.7. The predicted octanol–water partition coefficient (Wildman–Crippen LogP) is 4.40. The first kappa shape index (κ1) is 21.2. The van der Waals surface area contributed by atoms with E-state index in [1.54, 1.807) is 29.8 Å². The predicted molar refractivity (Wildman–Crippen MR) is 119 cm³/mol. The van der Waals surface area contributed by atoms with Crippen LogP contribution >= 0.6 is 11.3 Å². The lowest BCUT2D eigenvalue weighted by Crippen LogP contribution is -2.13. The minimum Gasteiger partial charge on any atom is -0.490 e. The lowest BCUT2D eigenvalue weighted by atomic mass is 10.1. The van der Waals surface area contributed by atoms with Crippen LogP contribution in [0.15, 0.2) is 53.5 Å². The Morgan fingerprint density at radius 1 is 1.22 bits per heavy atom. The summed E-state index contributed by atoms with van der Waals surface area (Å²) in [5.41, 5.74) is 1.51. The Balaban J connectivity index is 1.49. The van der Waals surface area contributed by atoms with E-state index in [4.69, 9.17) is 18.9 Å². The molecule has 2 aromatic carbocycles. The first-order valence-corrected chi connectivity index (χ1v) is 10.6. The summed E-state index contributed by atoms with van der Waals surface area (Å²) in [4.78, 5) is 16.3. The molecule has 32 heavy (non-hydrogen) atoms. The van der Waals surface area contributed by atoms with Crippen molar-refractivity contribution < 1.29 is 23.7 Å². The third-order valence-electron chi connectivity index (χ3n) is 4.43. The van der Waals surface area contributed by atoms with Gasteiger partial charge in [-0.3, -0.25) is 10.1 Å². The number of nitrogens with one attached hydrogen (secondary N) is 1. The maximum atomic E-state index is 12.4. The monoisotopic (exact) mass is 449 g/mol. The van der Waals surface area contributed by atoms with E-state index in [1.165, 1.54) is 17.4 Å². The Hall–Kier alpha value is -4.03. The minimum absolute atomic E-state index is 0.0447. The molecule has 1 N–H and O–H groups in total. The number of carbonyl (C=O) groups excluding carboxylic acids is 1. The summed E-state index contributed by atoms with van der Waals surface area (Å²) in [6, 6.07) is 12.8. The van der Waals surface area contributed by atoms with Gasteiger partial charge in [0, 0.05) is 11.6 Å². The second-order valence-electron chi connectivity index (χ2n) is 6.58. The fourth-order valence-corrected chi connectivity index (χ4v) is 3.48. The van der Waals surface area contributed by atoms with E-state index >= 15 is 0 Å². The molecule has 0 saturated heterocycles. The highest BCUT2D eigenvalue weighted by molar-refractivity contribution is 7.13. The molecule has 4 rings (SSSR count). The number of benzene rings is 2. The van der Waals surface area contributed by atoms with Crippen molar-refractivity contribution in [1.29, 1.82) is 5.26 Å². The average Bonchev–Trinajstić information content (AvgIpc) is 3.48. The molecular weight excluding hydrogens is 430 g/mol. The van der Waals surface area contributed by atoms with Crippen LogP contribution in [0.5, 0.6) is 23.0 Å². The number of hydrogen-bond donors (Lipinski definition) is 1. The number of hydrogen-bond acceptors (Lipinski definition) is 8. The Morgan fingerprint density at radius 2 is 2.09 bits per heavy atom. The van der Waals surface area contributed by atoms with Crippen molar-refractivity contribution >= 4 is 28.5 Å². The van der Waals surface area contributed by atoms with Crippen LogP contribution in [0.1, 0.15) is 18.1 Å². The second kappa shape index (κ2) is 9.85. The van der Waals surface area contributed by atoms with E-state index in [0.29, 0.717) is 46.9 Å². The van der Waals surface area contributed by atoms with Gasteiger partial charge in [-0.1, -0.05) is 12.1 Å². The quantitative estimate of drug-likeness (QED) is 0.402. The molecule has 0 radical (unpaired) electrons. The molecule has 162 valence electrons. The highest BCUT2D eigenvalue weighted by atomic mass is 32.1. The van der Waals surface area contributed by atoms with E-state index < -0.39 is 5.91 Å². The van der Waals surface area contributed by atoms with Crippen LogP contribution in [0.2, 0.25) is 0 Å². The highest BCUT2D eigenvalue weighted by Gasteiger charge is 2.15. The molecular formula is C23H19N3O5S. The van der Waals surface area contributed by atoms with Crippen LogP contribution in [0.25, 0.3) is 6.08 Å². The third kappa shape index (κ3) is 4.99. The number of carbonyl (C=O) groups is 1. The fourth-order valence-electron chi connectivity index (χ4n) is 2.96. The molecule has 0 atom stereocenters. The molecule has 0 unspecified atom stereocenters. The van der Waals surface area contributed by atoms with E-state index in [1.807, 2.05) is 31.2 Å². The summed E-state index contributed by atoms with van der Waals surface area (Å²) in [7, 11) is 0. The molecule has 1 aliphatic heterocycles. The number of ether oxygens (including phenoxy) is 4. The van der Waals surface area contributed by atoms with Crippen LogP contribution in [0.4, 0.5) is 5.13 Å². The molecule has 2 heterocycles. The van der Waals surface area contributed by atoms with Crippen molar-refractivity contribution in [1.82, 2.24) is 4.98 Å². The Bertz CT molecular complexity index is 1180. The fraction of sp³-hybridized carbons (Fsp3) is 0.174. The summed E-state index contributed by atoms with van der Waals surface area (Å²) >= 11 is 1.28. The molecule has 0 aliphatic carbocycles. The van der Waals surface area contributed by atoms with Gasteiger partial charge in [-0.25, -0.2) is 4.98 Å². The number of aromatic nitrogens is 1. The lowest BCUT2D eigenvalue weighted by molar-refractivity contribution is -0.112. The number of nitrogens with zero attached hydrogens (tertiary/aromatic N) is 2. The molecule has 3 aromatic rings. The van der Waals surface area contributed by atoms with E-state index in [-0.39, 0.29) is 12.4 Å². The molecule has 9 heteroatoms. The molecule has 0 fully saturated rings. The van der Waals surface area contributed by atoms with Crippen LogP contribution in [-0.2, 0) is 11.4 Å². The zero-order chi connectivity index (χ0) is 22.3. The van der Waals surface area contributed by atoms with Gasteiger partial charge in [0.05, 0.1) is 6.61 Å². The maximum Gasteiger partial charge on any atom is 0.268 e. The Labute approximate surface area is 188 Å². The molecule has 0 bridgehead atoms. The normalized spacial score (nSPS) is 12.2. The van der Waals surface area contributed by atoms with Gasteiger partial charge >= 0.3 is 0 Å². The second-order valence-corrected chi connectivity index (χ2v) is 7.47. The van der Waals surface area contributed by atoms with Gasteiger partial charge in [0.2, 0.25) is 6.79 Å². The minimum atomic E-state index is -0.524. The topological polar surface area (TPSA) is 103 Å². The SMILES string of the molecule is CCOc1cc(/C=C(/C#N)C(=O)Nc2nccs2)ccc1OCc1ccc2c(c1)OCO2. The highest BCUT2D eigenvalue weighted by Crippen LogP contribution is 2.34. The summed E-state index contributed by atoms with van der Waals surface area (Å²) in [6.07, 6.45) is 3.07. The Morgan fingerprint density at radius 3 is 2.88 bits per heavy atom. The van der Waals surface area contributed by atoms with Gasteiger partial charge in [-0.2, -0.15) is 5.26 Å². The van der Waals surface area contributed by atoms with E-state index in [0.717, 1.165) is 5.56 Å². The number of rotatable bonds is 8. The summed E-state index contributed by atoms with van der Waals surface area (Å²) in [5.74, 6) is 1.94. The van der Waals surface area contributed by atoms with Crippen molar-refractivity contribution in [3.63, 3.8) is 0 Å². The van der Waals surface area contributed by atoms with Crippen molar-refractivity contribution in [2.45, 2.75) is 13.5 Å². The standard InChI is InChI=1S/C23H19N3O5S/c1-2-28-20-10-15(9-17(12-24)22(27)26-23-25-7-8-32-23)3-5-18(20)29-13-16-4-6-19-21(11-16)31-14-30-19/h3-11H,2,13-14H2,1H3,(H,25,26,27)/b17-9-. The number of thiazole rings is 1. The van der Waals surface area contributed by atoms with Crippen LogP contribution in [0.3, 0.4) is 0 Å². The molecule has 8 nitrogen and oxygen atoms in total. The van der Waals surface area contributed by atoms with E-state index in [2.05, 4.69) is 10.3 Å². The van der Waals surface area contributed by atoms with Crippen LogP contribution in [0, 0.1) is 11.3 Å². The van der Waals surface area contributed by atoms with Crippen molar-refractivity contribution in [3.8, 4) is 29.1 Å².